The van der Waals surface area contributed by atoms with Crippen molar-refractivity contribution in [1.82, 2.24) is 19.9 Å². The molecule has 0 saturated carbocycles. The summed E-state index contributed by atoms with van der Waals surface area (Å²) in [6.45, 7) is 0.420. The quantitative estimate of drug-likeness (QED) is 0.411. The number of aliphatic hydroxyl groups excluding tert-OH is 1. The topological polar surface area (TPSA) is 117 Å². The fraction of sp³-hybridized carbons (Fsp3) is 0.100. The molecule has 3 N–H and O–H groups in total. The van der Waals surface area contributed by atoms with Crippen LogP contribution >= 0.6 is 11.3 Å². The summed E-state index contributed by atoms with van der Waals surface area (Å²) in [7, 11) is 0. The van der Waals surface area contributed by atoms with Crippen LogP contribution in [-0.4, -0.2) is 38.2 Å². The lowest BCUT2D eigenvalue weighted by atomic mass is 10.2. The Morgan fingerprint density at radius 3 is 2.97 bits per heavy atom. The number of aliphatic hydroxyl groups is 1. The third-order valence-electron chi connectivity index (χ3n) is 4.42. The number of aromatic nitrogens is 4. The van der Waals surface area contributed by atoms with Gasteiger partial charge in [0.2, 0.25) is 0 Å². The number of pyridine rings is 1. The fourth-order valence-corrected chi connectivity index (χ4v) is 3.82. The first kappa shape index (κ1) is 17.5. The number of anilines is 1. The molecule has 0 radical (unpaired) electrons. The fourth-order valence-electron chi connectivity index (χ4n) is 3.09. The predicted molar refractivity (Wildman–Crippen MR) is 112 cm³/mol. The molecule has 0 aliphatic rings. The van der Waals surface area contributed by atoms with Crippen LogP contribution in [0, 0.1) is 0 Å². The molecule has 0 amide bonds. The van der Waals surface area contributed by atoms with Crippen molar-refractivity contribution in [2.75, 3.05) is 18.5 Å². The molecule has 0 aliphatic heterocycles. The molecule has 1 aromatic carbocycles. The van der Waals surface area contributed by atoms with Crippen molar-refractivity contribution in [3.63, 3.8) is 0 Å². The molecular weight excluding hydrogens is 390 g/mol. The second-order valence-corrected chi connectivity index (χ2v) is 7.17. The zero-order chi connectivity index (χ0) is 19.8. The van der Waals surface area contributed by atoms with Crippen LogP contribution < -0.4 is 10.9 Å². The van der Waals surface area contributed by atoms with E-state index in [1.54, 1.807) is 12.3 Å². The Bertz CT molecular complexity index is 1350. The van der Waals surface area contributed by atoms with E-state index in [1.807, 2.05) is 35.7 Å². The van der Waals surface area contributed by atoms with Gasteiger partial charge in [0.15, 0.2) is 16.7 Å². The Morgan fingerprint density at radius 2 is 2.10 bits per heavy atom. The van der Waals surface area contributed by atoms with E-state index >= 15 is 0 Å². The molecule has 4 aromatic heterocycles. The maximum absolute atomic E-state index is 12.7. The van der Waals surface area contributed by atoms with Crippen LogP contribution in [0.3, 0.4) is 0 Å². The van der Waals surface area contributed by atoms with Crippen LogP contribution in [0.5, 0.6) is 0 Å². The monoisotopic (exact) mass is 405 g/mol. The van der Waals surface area contributed by atoms with Crippen LogP contribution in [0.1, 0.15) is 0 Å². The maximum atomic E-state index is 12.7. The van der Waals surface area contributed by atoms with Gasteiger partial charge in [-0.05, 0) is 18.2 Å². The average molecular weight is 405 g/mol. The number of aromatic amines is 1. The molecule has 29 heavy (non-hydrogen) atoms. The van der Waals surface area contributed by atoms with Crippen molar-refractivity contribution >= 4 is 38.3 Å². The Balaban J connectivity index is 1.66. The number of nitrogens with zero attached hydrogens (tertiary/aromatic N) is 3. The van der Waals surface area contributed by atoms with E-state index in [2.05, 4.69) is 25.3 Å². The SMILES string of the molecule is O=c1[nH]c(-c2cc3ccccc3o2)nc2c(-c3csc(NCCO)n3)nccc12. The lowest BCUT2D eigenvalue weighted by Crippen LogP contribution is -2.10. The van der Waals surface area contributed by atoms with Gasteiger partial charge in [-0.1, -0.05) is 18.2 Å². The highest BCUT2D eigenvalue weighted by Crippen LogP contribution is 2.29. The Labute approximate surface area is 167 Å². The number of hydrogen-bond donors (Lipinski definition) is 3. The van der Waals surface area contributed by atoms with Gasteiger partial charge >= 0.3 is 0 Å². The van der Waals surface area contributed by atoms with Gasteiger partial charge in [0.25, 0.3) is 5.56 Å². The molecule has 0 bridgehead atoms. The first-order chi connectivity index (χ1) is 14.2. The van der Waals surface area contributed by atoms with Crippen molar-refractivity contribution in [2.45, 2.75) is 0 Å². The number of nitrogens with one attached hydrogen (secondary N) is 2. The smallest absolute Gasteiger partial charge is 0.259 e. The highest BCUT2D eigenvalue weighted by atomic mass is 32.1. The second kappa shape index (κ2) is 7.12. The average Bonchev–Trinajstić information content (AvgIpc) is 3.39. The minimum atomic E-state index is -0.275. The molecule has 0 unspecified atom stereocenters. The molecule has 0 atom stereocenters. The molecule has 0 aliphatic carbocycles. The van der Waals surface area contributed by atoms with Crippen LogP contribution in [0.4, 0.5) is 5.13 Å². The number of thiazole rings is 1. The number of fused-ring (bicyclic) bond motifs is 2. The highest BCUT2D eigenvalue weighted by molar-refractivity contribution is 7.14. The Kier molecular flexibility index (Phi) is 4.30. The molecule has 0 spiro atoms. The van der Waals surface area contributed by atoms with E-state index in [4.69, 9.17) is 9.52 Å². The van der Waals surface area contributed by atoms with Crippen molar-refractivity contribution in [1.29, 1.82) is 0 Å². The molecule has 0 saturated heterocycles. The summed E-state index contributed by atoms with van der Waals surface area (Å²) >= 11 is 1.40. The standard InChI is InChI=1S/C20H15N5O3S/c26-8-7-22-20-23-13(10-29-20)17-16-12(5-6-21-17)19(27)25-18(24-16)15-9-11-3-1-2-4-14(11)28-15/h1-6,9-10,26H,7-8H2,(H,22,23)(H,24,25,27). The molecule has 0 fully saturated rings. The van der Waals surface area contributed by atoms with Gasteiger partial charge in [0.1, 0.15) is 22.5 Å². The number of H-pyrrole nitrogens is 1. The van der Waals surface area contributed by atoms with E-state index in [9.17, 15) is 4.79 Å². The van der Waals surface area contributed by atoms with Gasteiger partial charge < -0.3 is 19.8 Å². The van der Waals surface area contributed by atoms with E-state index in [0.29, 0.717) is 45.6 Å². The van der Waals surface area contributed by atoms with Gasteiger partial charge in [-0.2, -0.15) is 0 Å². The zero-order valence-electron chi connectivity index (χ0n) is 15.0. The summed E-state index contributed by atoms with van der Waals surface area (Å²) in [5.41, 5.74) is 2.01. The number of para-hydroxylation sites is 1. The lowest BCUT2D eigenvalue weighted by molar-refractivity contribution is 0.311. The molecule has 8 nitrogen and oxygen atoms in total. The van der Waals surface area contributed by atoms with Crippen LogP contribution in [0.15, 0.2) is 57.2 Å². The number of rotatable bonds is 5. The minimum Gasteiger partial charge on any atom is -0.453 e. The Morgan fingerprint density at radius 1 is 1.21 bits per heavy atom. The number of benzene rings is 1. The first-order valence-electron chi connectivity index (χ1n) is 8.91. The summed E-state index contributed by atoms with van der Waals surface area (Å²) in [5.74, 6) is 0.811. The summed E-state index contributed by atoms with van der Waals surface area (Å²) in [4.78, 5) is 29.0. The van der Waals surface area contributed by atoms with Crippen molar-refractivity contribution in [2.24, 2.45) is 0 Å². The van der Waals surface area contributed by atoms with Crippen LogP contribution in [0.25, 0.3) is 44.8 Å². The third kappa shape index (κ3) is 3.16. The summed E-state index contributed by atoms with van der Waals surface area (Å²) in [5, 5.41) is 15.8. The Hall–Kier alpha value is -3.56. The predicted octanol–water partition coefficient (Wildman–Crippen LogP) is 3.26. The molecule has 5 rings (SSSR count). The van der Waals surface area contributed by atoms with Crippen LogP contribution in [0.2, 0.25) is 0 Å². The minimum absolute atomic E-state index is 0.0131. The van der Waals surface area contributed by atoms with Crippen LogP contribution in [-0.2, 0) is 0 Å². The normalized spacial score (nSPS) is 11.3. The van der Waals surface area contributed by atoms with Crippen molar-refractivity contribution in [3.05, 3.63) is 58.3 Å². The van der Waals surface area contributed by atoms with E-state index < -0.39 is 0 Å². The highest BCUT2D eigenvalue weighted by Gasteiger charge is 2.16. The van der Waals surface area contributed by atoms with E-state index in [1.165, 1.54) is 11.3 Å². The number of hydrogen-bond acceptors (Lipinski definition) is 8. The maximum Gasteiger partial charge on any atom is 0.259 e. The van der Waals surface area contributed by atoms with Gasteiger partial charge in [-0.25, -0.2) is 9.97 Å². The first-order valence-corrected chi connectivity index (χ1v) is 9.79. The molecular formula is C20H15N5O3S. The lowest BCUT2D eigenvalue weighted by Gasteiger charge is -2.04. The summed E-state index contributed by atoms with van der Waals surface area (Å²) in [6, 6.07) is 11.1. The van der Waals surface area contributed by atoms with Gasteiger partial charge in [0, 0.05) is 23.5 Å². The van der Waals surface area contributed by atoms with Gasteiger partial charge in [-0.15, -0.1) is 11.3 Å². The third-order valence-corrected chi connectivity index (χ3v) is 5.22. The largest absolute Gasteiger partial charge is 0.453 e. The van der Waals surface area contributed by atoms with E-state index in [-0.39, 0.29) is 12.2 Å². The number of furan rings is 1. The molecule has 9 heteroatoms. The summed E-state index contributed by atoms with van der Waals surface area (Å²) < 4.78 is 5.85. The van der Waals surface area contributed by atoms with E-state index in [0.717, 1.165) is 11.0 Å². The zero-order valence-corrected chi connectivity index (χ0v) is 15.9. The van der Waals surface area contributed by atoms with Crippen molar-refractivity contribution in [3.8, 4) is 23.0 Å². The van der Waals surface area contributed by atoms with Gasteiger partial charge in [0.05, 0.1) is 12.0 Å². The molecule has 4 heterocycles. The van der Waals surface area contributed by atoms with Crippen molar-refractivity contribution < 1.29 is 9.52 Å². The molecule has 144 valence electrons. The molecule has 5 aromatic rings. The second-order valence-electron chi connectivity index (χ2n) is 6.31. The van der Waals surface area contributed by atoms with Gasteiger partial charge in [-0.3, -0.25) is 9.78 Å². The summed E-state index contributed by atoms with van der Waals surface area (Å²) in [6.07, 6.45) is 1.57.